The summed E-state index contributed by atoms with van der Waals surface area (Å²) in [5.41, 5.74) is 4.19. The molecule has 0 saturated carbocycles. The fourth-order valence-electron chi connectivity index (χ4n) is 3.19. The molecule has 1 aliphatic rings. The molecular formula is C20H16F2N2O. The van der Waals surface area contributed by atoms with E-state index in [9.17, 15) is 8.78 Å². The number of benzene rings is 2. The van der Waals surface area contributed by atoms with Gasteiger partial charge in [-0.25, -0.2) is 13.8 Å². The van der Waals surface area contributed by atoms with Crippen LogP contribution in [0.15, 0.2) is 58.0 Å². The molecule has 1 atom stereocenters. The van der Waals surface area contributed by atoms with Crippen molar-refractivity contribution in [3.05, 3.63) is 82.7 Å². The average molecular weight is 338 g/mol. The first-order valence-corrected chi connectivity index (χ1v) is 8.14. The Morgan fingerprint density at radius 3 is 2.24 bits per heavy atom. The molecule has 3 nitrogen and oxygen atoms in total. The maximum absolute atomic E-state index is 13.3. The van der Waals surface area contributed by atoms with Crippen LogP contribution in [-0.4, -0.2) is 10.9 Å². The van der Waals surface area contributed by atoms with Gasteiger partial charge < -0.3 is 4.52 Å². The molecule has 1 aliphatic heterocycles. The molecule has 0 bridgehead atoms. The van der Waals surface area contributed by atoms with Gasteiger partial charge in [-0.05, 0) is 54.7 Å². The summed E-state index contributed by atoms with van der Waals surface area (Å²) < 4.78 is 32.0. The first kappa shape index (κ1) is 15.7. The van der Waals surface area contributed by atoms with Crippen LogP contribution in [0.5, 0.6) is 0 Å². The van der Waals surface area contributed by atoms with Crippen molar-refractivity contribution in [3.63, 3.8) is 0 Å². The molecule has 0 saturated heterocycles. The highest BCUT2D eigenvalue weighted by atomic mass is 19.1. The van der Waals surface area contributed by atoms with E-state index in [1.165, 1.54) is 24.3 Å². The third-order valence-corrected chi connectivity index (χ3v) is 4.54. The Balaban J connectivity index is 1.79. The summed E-state index contributed by atoms with van der Waals surface area (Å²) in [4.78, 5) is 4.76. The highest BCUT2D eigenvalue weighted by Gasteiger charge is 2.26. The Morgan fingerprint density at radius 1 is 0.920 bits per heavy atom. The molecule has 0 unspecified atom stereocenters. The molecular weight excluding hydrogens is 322 g/mol. The number of nitrogens with zero attached hydrogens (tertiary/aromatic N) is 2. The third-order valence-electron chi connectivity index (χ3n) is 4.54. The molecule has 2 heterocycles. The van der Waals surface area contributed by atoms with Gasteiger partial charge in [0.1, 0.15) is 23.0 Å². The van der Waals surface area contributed by atoms with Crippen LogP contribution < -0.4 is 0 Å². The molecule has 0 aliphatic carbocycles. The van der Waals surface area contributed by atoms with E-state index in [2.05, 4.69) is 5.16 Å². The zero-order chi connectivity index (χ0) is 17.4. The lowest BCUT2D eigenvalue weighted by Gasteiger charge is -2.15. The standard InChI is InChI=1S/C20H16F2N2O/c1-12-20-19(25-24-12)11-15(13-2-6-16(21)7-3-13)10-18(23-20)14-4-8-17(22)9-5-14/h2-9,15H,10-11H2,1H3/t15-/m1/s1. The van der Waals surface area contributed by atoms with Crippen LogP contribution in [0.1, 0.15) is 34.9 Å². The minimum Gasteiger partial charge on any atom is -0.359 e. The largest absolute Gasteiger partial charge is 0.359 e. The van der Waals surface area contributed by atoms with Gasteiger partial charge in [0, 0.05) is 12.1 Å². The Kier molecular flexibility index (Phi) is 3.92. The number of aromatic nitrogens is 1. The summed E-state index contributed by atoms with van der Waals surface area (Å²) in [6, 6.07) is 12.8. The van der Waals surface area contributed by atoms with E-state index in [0.717, 1.165) is 34.0 Å². The monoisotopic (exact) mass is 338 g/mol. The topological polar surface area (TPSA) is 38.4 Å². The Morgan fingerprint density at radius 2 is 1.56 bits per heavy atom. The lowest BCUT2D eigenvalue weighted by atomic mass is 9.88. The van der Waals surface area contributed by atoms with Gasteiger partial charge in [-0.2, -0.15) is 0 Å². The molecule has 3 aromatic rings. The summed E-state index contributed by atoms with van der Waals surface area (Å²) in [7, 11) is 0. The maximum atomic E-state index is 13.3. The van der Waals surface area contributed by atoms with Gasteiger partial charge in [-0.15, -0.1) is 0 Å². The van der Waals surface area contributed by atoms with E-state index in [4.69, 9.17) is 9.52 Å². The number of aliphatic imine (C=N–C) groups is 1. The van der Waals surface area contributed by atoms with Crippen LogP contribution in [0, 0.1) is 18.6 Å². The normalized spacial score (nSPS) is 16.9. The van der Waals surface area contributed by atoms with Gasteiger partial charge in [0.25, 0.3) is 0 Å². The van der Waals surface area contributed by atoms with E-state index in [1.807, 2.05) is 6.92 Å². The van der Waals surface area contributed by atoms with Crippen molar-refractivity contribution in [1.29, 1.82) is 0 Å². The Labute approximate surface area is 144 Å². The van der Waals surface area contributed by atoms with E-state index in [1.54, 1.807) is 24.3 Å². The van der Waals surface area contributed by atoms with Crippen LogP contribution in [0.25, 0.3) is 0 Å². The highest BCUT2D eigenvalue weighted by Crippen LogP contribution is 2.36. The van der Waals surface area contributed by atoms with Crippen LogP contribution in [0.3, 0.4) is 0 Å². The second-order valence-electron chi connectivity index (χ2n) is 6.26. The molecule has 0 spiro atoms. The lowest BCUT2D eigenvalue weighted by molar-refractivity contribution is 0.373. The predicted molar refractivity (Wildman–Crippen MR) is 91.3 cm³/mol. The summed E-state index contributed by atoms with van der Waals surface area (Å²) in [5.74, 6) is 0.262. The number of hydrogen-bond donors (Lipinski definition) is 0. The fourth-order valence-corrected chi connectivity index (χ4v) is 3.19. The second kappa shape index (κ2) is 6.24. The van der Waals surface area contributed by atoms with Crippen molar-refractivity contribution < 1.29 is 13.3 Å². The van der Waals surface area contributed by atoms with Crippen LogP contribution in [0.2, 0.25) is 0 Å². The third kappa shape index (κ3) is 3.09. The van der Waals surface area contributed by atoms with Gasteiger partial charge in [-0.1, -0.05) is 29.4 Å². The van der Waals surface area contributed by atoms with E-state index in [-0.39, 0.29) is 17.6 Å². The number of halogens is 2. The van der Waals surface area contributed by atoms with Gasteiger partial charge in [-0.3, -0.25) is 0 Å². The second-order valence-corrected chi connectivity index (χ2v) is 6.26. The van der Waals surface area contributed by atoms with Crippen molar-refractivity contribution in [1.82, 2.24) is 5.16 Å². The summed E-state index contributed by atoms with van der Waals surface area (Å²) in [6.45, 7) is 1.85. The van der Waals surface area contributed by atoms with Gasteiger partial charge in [0.15, 0.2) is 5.76 Å². The Hall–Kier alpha value is -2.82. The molecule has 0 amide bonds. The van der Waals surface area contributed by atoms with Gasteiger partial charge in [0.2, 0.25) is 0 Å². The summed E-state index contributed by atoms with van der Waals surface area (Å²) >= 11 is 0. The van der Waals surface area contributed by atoms with Crippen molar-refractivity contribution in [2.75, 3.05) is 0 Å². The predicted octanol–water partition coefficient (Wildman–Crippen LogP) is 5.11. The molecule has 0 radical (unpaired) electrons. The first-order chi connectivity index (χ1) is 12.1. The van der Waals surface area contributed by atoms with Crippen LogP contribution in [-0.2, 0) is 6.42 Å². The summed E-state index contributed by atoms with van der Waals surface area (Å²) in [5, 5.41) is 4.02. The quantitative estimate of drug-likeness (QED) is 0.651. The molecule has 4 rings (SSSR count). The van der Waals surface area contributed by atoms with Gasteiger partial charge in [0.05, 0.1) is 0 Å². The zero-order valence-electron chi connectivity index (χ0n) is 13.7. The van der Waals surface area contributed by atoms with Crippen molar-refractivity contribution in [2.45, 2.75) is 25.7 Å². The molecule has 126 valence electrons. The van der Waals surface area contributed by atoms with Crippen molar-refractivity contribution >= 4 is 11.4 Å². The minimum absolute atomic E-state index is 0.0815. The minimum atomic E-state index is -0.282. The molecule has 25 heavy (non-hydrogen) atoms. The SMILES string of the molecule is Cc1noc2c1N=C(c1ccc(F)cc1)C[C@@H](c1ccc(F)cc1)C2. The van der Waals surface area contributed by atoms with E-state index < -0.39 is 0 Å². The number of hydrogen-bond acceptors (Lipinski definition) is 3. The number of rotatable bonds is 2. The molecule has 0 fully saturated rings. The zero-order valence-corrected chi connectivity index (χ0v) is 13.7. The van der Waals surface area contributed by atoms with Crippen molar-refractivity contribution in [2.24, 2.45) is 4.99 Å². The number of fused-ring (bicyclic) bond motifs is 1. The maximum Gasteiger partial charge on any atom is 0.163 e. The van der Waals surface area contributed by atoms with Crippen LogP contribution in [0.4, 0.5) is 14.5 Å². The first-order valence-electron chi connectivity index (χ1n) is 8.14. The van der Waals surface area contributed by atoms with E-state index >= 15 is 0 Å². The highest BCUT2D eigenvalue weighted by molar-refractivity contribution is 6.03. The Bertz CT molecular complexity index is 927. The molecule has 0 N–H and O–H groups in total. The molecule has 1 aromatic heterocycles. The average Bonchev–Trinajstić information content (AvgIpc) is 2.84. The number of aryl methyl sites for hydroxylation is 1. The smallest absolute Gasteiger partial charge is 0.163 e. The summed E-state index contributed by atoms with van der Waals surface area (Å²) in [6.07, 6.45) is 1.29. The van der Waals surface area contributed by atoms with Crippen LogP contribution >= 0.6 is 0 Å². The van der Waals surface area contributed by atoms with Crippen molar-refractivity contribution in [3.8, 4) is 0 Å². The fraction of sp³-hybridized carbons (Fsp3) is 0.200. The lowest BCUT2D eigenvalue weighted by Crippen LogP contribution is -2.09. The molecule has 5 heteroatoms. The molecule has 2 aromatic carbocycles. The van der Waals surface area contributed by atoms with E-state index in [0.29, 0.717) is 12.8 Å². The van der Waals surface area contributed by atoms with Gasteiger partial charge >= 0.3 is 0 Å².